The summed E-state index contributed by atoms with van der Waals surface area (Å²) >= 11 is 0. The van der Waals surface area contributed by atoms with E-state index in [1.165, 1.54) is 0 Å². The summed E-state index contributed by atoms with van der Waals surface area (Å²) < 4.78 is 18.2. The van der Waals surface area contributed by atoms with Crippen LogP contribution in [0, 0.1) is 0 Å². The predicted octanol–water partition coefficient (Wildman–Crippen LogP) is 2.69. The van der Waals surface area contributed by atoms with Crippen molar-refractivity contribution in [2.45, 2.75) is 12.3 Å². The number of ether oxygens (including phenoxy) is 3. The molecule has 1 atom stereocenters. The van der Waals surface area contributed by atoms with E-state index in [2.05, 4.69) is 15.4 Å². The summed E-state index contributed by atoms with van der Waals surface area (Å²) in [5.74, 6) is 2.19. The summed E-state index contributed by atoms with van der Waals surface area (Å²) in [6.07, 6.45) is 2.03. The minimum atomic E-state index is -0.210. The summed E-state index contributed by atoms with van der Waals surface area (Å²) in [6, 6.07) is 9.50. The van der Waals surface area contributed by atoms with Crippen LogP contribution in [0.15, 0.2) is 36.5 Å². The summed E-state index contributed by atoms with van der Waals surface area (Å²) in [5.41, 5.74) is 3.34. The van der Waals surface area contributed by atoms with Crippen LogP contribution in [-0.2, 0) is 11.8 Å². The number of benzene rings is 1. The third-order valence-corrected chi connectivity index (χ3v) is 5.07. The number of nitrogens with one attached hydrogen (secondary N) is 1. The number of carbonyl (C=O) groups excluding carboxylic acids is 1. The van der Waals surface area contributed by atoms with Gasteiger partial charge in [0.05, 0.1) is 12.8 Å². The lowest BCUT2D eigenvalue weighted by Crippen LogP contribution is -2.24. The van der Waals surface area contributed by atoms with Gasteiger partial charge in [-0.25, -0.2) is 0 Å². The molecule has 0 radical (unpaired) electrons. The minimum Gasteiger partial charge on any atom is -0.493 e. The molecule has 3 aromatic rings. The van der Waals surface area contributed by atoms with Gasteiger partial charge in [0.2, 0.25) is 18.4 Å². The van der Waals surface area contributed by atoms with Crippen LogP contribution in [-0.4, -0.2) is 34.6 Å². The van der Waals surface area contributed by atoms with Gasteiger partial charge in [-0.2, -0.15) is 5.10 Å². The molecule has 2 aliphatic rings. The Balaban J connectivity index is 1.71. The Labute approximate surface area is 161 Å². The van der Waals surface area contributed by atoms with Crippen LogP contribution in [0.5, 0.6) is 17.2 Å². The zero-order valence-corrected chi connectivity index (χ0v) is 15.4. The second-order valence-corrected chi connectivity index (χ2v) is 6.71. The molecule has 2 aliphatic heterocycles. The van der Waals surface area contributed by atoms with E-state index < -0.39 is 0 Å². The van der Waals surface area contributed by atoms with Crippen molar-refractivity contribution >= 4 is 11.7 Å². The van der Waals surface area contributed by atoms with E-state index in [-0.39, 0.29) is 18.6 Å². The van der Waals surface area contributed by atoms with Crippen LogP contribution in [0.4, 0.5) is 5.82 Å². The monoisotopic (exact) mass is 378 g/mol. The number of hydrogen-bond donors (Lipinski definition) is 1. The van der Waals surface area contributed by atoms with Crippen molar-refractivity contribution in [2.24, 2.45) is 7.05 Å². The first kappa shape index (κ1) is 16.6. The van der Waals surface area contributed by atoms with E-state index in [9.17, 15) is 4.79 Å². The number of nitrogens with zero attached hydrogens (tertiary/aromatic N) is 3. The number of rotatable bonds is 3. The molecule has 1 aromatic carbocycles. The lowest BCUT2D eigenvalue weighted by molar-refractivity contribution is -0.116. The molecule has 142 valence electrons. The molecule has 0 aliphatic carbocycles. The molecule has 0 fully saturated rings. The number of pyridine rings is 1. The lowest BCUT2D eigenvalue weighted by atomic mass is 9.84. The molecular weight excluding hydrogens is 360 g/mol. The number of carbonyl (C=O) groups is 1. The molecule has 1 N–H and O–H groups in total. The summed E-state index contributed by atoms with van der Waals surface area (Å²) in [4.78, 5) is 16.9. The molecule has 5 rings (SSSR count). The van der Waals surface area contributed by atoms with Crippen molar-refractivity contribution in [3.05, 3.63) is 47.7 Å². The number of aryl methyl sites for hydroxylation is 1. The standard InChI is InChI=1S/C20H18N4O4/c1-24-20-17(18(23-24)13-5-3-4-6-21-13)12(9-16(25)22-20)11-7-14(26-2)19-15(8-11)27-10-28-19/h3-8,12H,9-10H2,1-2H3,(H,22,25)/t12-/m1/s1. The number of methoxy groups -OCH3 is 1. The van der Waals surface area contributed by atoms with Gasteiger partial charge in [0.15, 0.2) is 11.5 Å². The summed E-state index contributed by atoms with van der Waals surface area (Å²) in [7, 11) is 3.40. The van der Waals surface area contributed by atoms with E-state index >= 15 is 0 Å². The molecule has 8 heteroatoms. The van der Waals surface area contributed by atoms with Crippen LogP contribution in [0.25, 0.3) is 11.4 Å². The zero-order valence-electron chi connectivity index (χ0n) is 15.4. The second-order valence-electron chi connectivity index (χ2n) is 6.71. The smallest absolute Gasteiger partial charge is 0.231 e. The fourth-order valence-electron chi connectivity index (χ4n) is 3.82. The van der Waals surface area contributed by atoms with Crippen LogP contribution < -0.4 is 19.5 Å². The van der Waals surface area contributed by atoms with E-state index in [4.69, 9.17) is 14.2 Å². The topological polar surface area (TPSA) is 87.5 Å². The Bertz CT molecular complexity index is 1080. The molecule has 0 bridgehead atoms. The van der Waals surface area contributed by atoms with Crippen molar-refractivity contribution in [3.63, 3.8) is 0 Å². The summed E-state index contributed by atoms with van der Waals surface area (Å²) in [5, 5.41) is 7.59. The maximum Gasteiger partial charge on any atom is 0.231 e. The van der Waals surface area contributed by atoms with E-state index in [0.29, 0.717) is 29.5 Å². The van der Waals surface area contributed by atoms with Gasteiger partial charge in [0, 0.05) is 31.1 Å². The first-order chi connectivity index (χ1) is 13.7. The highest BCUT2D eigenvalue weighted by molar-refractivity contribution is 5.96. The summed E-state index contributed by atoms with van der Waals surface area (Å²) in [6.45, 7) is 0.150. The van der Waals surface area contributed by atoms with Crippen molar-refractivity contribution in [1.82, 2.24) is 14.8 Å². The van der Waals surface area contributed by atoms with Gasteiger partial charge in [-0.1, -0.05) is 6.07 Å². The average molecular weight is 378 g/mol. The van der Waals surface area contributed by atoms with Crippen LogP contribution in [0.3, 0.4) is 0 Å². The quantitative estimate of drug-likeness (QED) is 0.754. The number of amides is 1. The molecule has 0 saturated carbocycles. The van der Waals surface area contributed by atoms with Crippen LogP contribution in [0.1, 0.15) is 23.5 Å². The molecule has 0 saturated heterocycles. The van der Waals surface area contributed by atoms with Crippen molar-refractivity contribution < 1.29 is 19.0 Å². The van der Waals surface area contributed by atoms with Gasteiger partial charge in [-0.3, -0.25) is 14.5 Å². The molecule has 28 heavy (non-hydrogen) atoms. The average Bonchev–Trinajstić information content (AvgIpc) is 3.32. The highest BCUT2D eigenvalue weighted by Gasteiger charge is 2.35. The van der Waals surface area contributed by atoms with E-state index in [1.807, 2.05) is 37.4 Å². The third-order valence-electron chi connectivity index (χ3n) is 5.07. The van der Waals surface area contributed by atoms with E-state index in [1.54, 1.807) is 18.0 Å². The van der Waals surface area contributed by atoms with Crippen LogP contribution in [0.2, 0.25) is 0 Å². The second kappa shape index (κ2) is 6.26. The number of anilines is 1. The highest BCUT2D eigenvalue weighted by atomic mass is 16.7. The van der Waals surface area contributed by atoms with Crippen molar-refractivity contribution in [1.29, 1.82) is 0 Å². The Morgan fingerprint density at radius 1 is 1.29 bits per heavy atom. The minimum absolute atomic E-state index is 0.0651. The highest BCUT2D eigenvalue weighted by Crippen LogP contribution is 2.48. The molecule has 2 aromatic heterocycles. The van der Waals surface area contributed by atoms with Gasteiger partial charge >= 0.3 is 0 Å². The SMILES string of the molecule is COc1cc([C@H]2CC(=O)Nc3c2c(-c2ccccn2)nn3C)cc2c1OCO2. The maximum atomic E-state index is 12.4. The van der Waals surface area contributed by atoms with Gasteiger partial charge in [0.25, 0.3) is 0 Å². The van der Waals surface area contributed by atoms with Gasteiger partial charge in [0.1, 0.15) is 11.5 Å². The lowest BCUT2D eigenvalue weighted by Gasteiger charge is -2.25. The Morgan fingerprint density at radius 2 is 2.18 bits per heavy atom. The largest absolute Gasteiger partial charge is 0.493 e. The Hall–Kier alpha value is -3.55. The van der Waals surface area contributed by atoms with Crippen molar-refractivity contribution in [3.8, 4) is 28.6 Å². The fourth-order valence-corrected chi connectivity index (χ4v) is 3.82. The first-order valence-corrected chi connectivity index (χ1v) is 8.91. The van der Waals surface area contributed by atoms with Gasteiger partial charge in [-0.05, 0) is 29.8 Å². The third kappa shape index (κ3) is 2.49. The van der Waals surface area contributed by atoms with Crippen molar-refractivity contribution in [2.75, 3.05) is 19.2 Å². The molecule has 8 nitrogen and oxygen atoms in total. The Kier molecular flexibility index (Phi) is 3.71. The van der Waals surface area contributed by atoms with E-state index in [0.717, 1.165) is 22.5 Å². The first-order valence-electron chi connectivity index (χ1n) is 8.91. The zero-order chi connectivity index (χ0) is 19.3. The normalized spacial score (nSPS) is 17.2. The van der Waals surface area contributed by atoms with Crippen LogP contribution >= 0.6 is 0 Å². The molecule has 4 heterocycles. The molecule has 1 amide bonds. The molecule has 0 unspecified atom stereocenters. The van der Waals surface area contributed by atoms with Gasteiger partial charge < -0.3 is 19.5 Å². The number of hydrogen-bond acceptors (Lipinski definition) is 6. The molecular formula is C20H18N4O4. The van der Waals surface area contributed by atoms with Gasteiger partial charge in [-0.15, -0.1) is 0 Å². The Morgan fingerprint density at radius 3 is 2.96 bits per heavy atom. The predicted molar refractivity (Wildman–Crippen MR) is 101 cm³/mol. The number of aromatic nitrogens is 3. The maximum absolute atomic E-state index is 12.4. The fraction of sp³-hybridized carbons (Fsp3) is 0.250. The number of fused-ring (bicyclic) bond motifs is 2. The molecule has 0 spiro atoms.